The molecule has 0 saturated heterocycles. The number of rotatable bonds is 4. The monoisotopic (exact) mass is 341 g/mol. The normalized spacial score (nSPS) is 10.6. The molecule has 4 heteroatoms. The van der Waals surface area contributed by atoms with Crippen LogP contribution in [0.25, 0.3) is 5.69 Å². The van der Waals surface area contributed by atoms with Gasteiger partial charge in [0, 0.05) is 34.8 Å². The van der Waals surface area contributed by atoms with Crippen LogP contribution in [-0.2, 0) is 6.54 Å². The van der Waals surface area contributed by atoms with E-state index < -0.39 is 0 Å². The highest BCUT2D eigenvalue weighted by molar-refractivity contribution is 9.10. The lowest BCUT2D eigenvalue weighted by Gasteiger charge is -2.11. The summed E-state index contributed by atoms with van der Waals surface area (Å²) in [5, 5.41) is 3.48. The van der Waals surface area contributed by atoms with Gasteiger partial charge in [-0.1, -0.05) is 34.1 Å². The van der Waals surface area contributed by atoms with Crippen molar-refractivity contribution in [2.75, 3.05) is 5.32 Å². The van der Waals surface area contributed by atoms with E-state index in [0.717, 1.165) is 22.4 Å². The molecule has 0 atom stereocenters. The van der Waals surface area contributed by atoms with Gasteiger partial charge >= 0.3 is 0 Å². The largest absolute Gasteiger partial charge is 0.381 e. The van der Waals surface area contributed by atoms with Gasteiger partial charge in [0.1, 0.15) is 0 Å². The van der Waals surface area contributed by atoms with E-state index >= 15 is 0 Å². The predicted octanol–water partition coefficient (Wildman–Crippen LogP) is 4.56. The fourth-order valence-corrected chi connectivity index (χ4v) is 2.54. The van der Waals surface area contributed by atoms with Gasteiger partial charge in [-0.25, -0.2) is 4.98 Å². The van der Waals surface area contributed by atoms with Crippen molar-refractivity contribution in [2.45, 2.75) is 13.5 Å². The molecule has 0 radical (unpaired) electrons. The predicted molar refractivity (Wildman–Crippen MR) is 89.8 cm³/mol. The average molecular weight is 342 g/mol. The van der Waals surface area contributed by atoms with E-state index in [1.165, 1.54) is 11.1 Å². The molecule has 106 valence electrons. The SMILES string of the molecule is Cc1ccc(Br)cc1NCc1ccc(-n2ccnc2)cc1. The molecule has 1 aromatic heterocycles. The van der Waals surface area contributed by atoms with Gasteiger partial charge < -0.3 is 9.88 Å². The minimum atomic E-state index is 0.807. The molecule has 0 aliphatic rings. The van der Waals surface area contributed by atoms with E-state index in [9.17, 15) is 0 Å². The zero-order valence-corrected chi connectivity index (χ0v) is 13.3. The van der Waals surface area contributed by atoms with E-state index in [4.69, 9.17) is 0 Å². The van der Waals surface area contributed by atoms with Gasteiger partial charge in [0.25, 0.3) is 0 Å². The molecule has 0 spiro atoms. The van der Waals surface area contributed by atoms with Gasteiger partial charge in [0.2, 0.25) is 0 Å². The van der Waals surface area contributed by atoms with Crippen molar-refractivity contribution in [3.05, 3.63) is 76.8 Å². The van der Waals surface area contributed by atoms with Crippen LogP contribution >= 0.6 is 15.9 Å². The first-order chi connectivity index (χ1) is 10.2. The number of halogens is 1. The second-order valence-corrected chi connectivity index (χ2v) is 5.86. The molecule has 0 unspecified atom stereocenters. The number of benzene rings is 2. The highest BCUT2D eigenvalue weighted by Crippen LogP contribution is 2.21. The highest BCUT2D eigenvalue weighted by Gasteiger charge is 2.00. The molecule has 1 N–H and O–H groups in total. The third-order valence-corrected chi connectivity index (χ3v) is 3.91. The second kappa shape index (κ2) is 6.14. The highest BCUT2D eigenvalue weighted by atomic mass is 79.9. The Kier molecular flexibility index (Phi) is 4.06. The second-order valence-electron chi connectivity index (χ2n) is 4.95. The third kappa shape index (κ3) is 3.34. The standard InChI is InChI=1S/C17H16BrN3/c1-13-2-5-15(18)10-17(13)20-11-14-3-6-16(7-4-14)21-9-8-19-12-21/h2-10,12,20H,11H2,1H3. The van der Waals surface area contributed by atoms with Gasteiger partial charge in [-0.15, -0.1) is 0 Å². The van der Waals surface area contributed by atoms with Crippen LogP contribution in [0.4, 0.5) is 5.69 Å². The van der Waals surface area contributed by atoms with Crippen LogP contribution in [0.3, 0.4) is 0 Å². The van der Waals surface area contributed by atoms with Crippen LogP contribution in [-0.4, -0.2) is 9.55 Å². The molecule has 0 bridgehead atoms. The molecule has 3 rings (SSSR count). The maximum absolute atomic E-state index is 4.06. The Morgan fingerprint density at radius 3 is 2.67 bits per heavy atom. The molecule has 21 heavy (non-hydrogen) atoms. The first-order valence-electron chi connectivity index (χ1n) is 6.80. The smallest absolute Gasteiger partial charge is 0.0991 e. The molecule has 0 aliphatic carbocycles. The van der Waals surface area contributed by atoms with Gasteiger partial charge in [-0.2, -0.15) is 0 Å². The summed E-state index contributed by atoms with van der Waals surface area (Å²) < 4.78 is 3.08. The van der Waals surface area contributed by atoms with Gasteiger partial charge in [0.05, 0.1) is 6.33 Å². The number of aryl methyl sites for hydroxylation is 1. The molecule has 0 amide bonds. The number of imidazole rings is 1. The molecule has 1 heterocycles. The average Bonchev–Trinajstić information content (AvgIpc) is 3.03. The summed E-state index contributed by atoms with van der Waals surface area (Å²) in [6.45, 7) is 2.92. The van der Waals surface area contributed by atoms with E-state index in [2.05, 4.69) is 75.6 Å². The Morgan fingerprint density at radius 1 is 1.14 bits per heavy atom. The molecule has 3 aromatic rings. The zero-order valence-electron chi connectivity index (χ0n) is 11.8. The van der Waals surface area contributed by atoms with Crippen LogP contribution in [0.2, 0.25) is 0 Å². The molecular weight excluding hydrogens is 326 g/mol. The Balaban J connectivity index is 1.70. The number of hydrogen-bond acceptors (Lipinski definition) is 2. The van der Waals surface area contributed by atoms with Crippen LogP contribution in [0, 0.1) is 6.92 Å². The summed E-state index contributed by atoms with van der Waals surface area (Å²) in [6, 6.07) is 14.7. The Bertz CT molecular complexity index is 718. The summed E-state index contributed by atoms with van der Waals surface area (Å²) in [5.41, 5.74) is 4.77. The zero-order chi connectivity index (χ0) is 14.7. The maximum Gasteiger partial charge on any atom is 0.0991 e. The number of nitrogens with one attached hydrogen (secondary N) is 1. The Labute approximate surface area is 132 Å². The van der Waals surface area contributed by atoms with Crippen molar-refractivity contribution in [3.8, 4) is 5.69 Å². The fraction of sp³-hybridized carbons (Fsp3) is 0.118. The Morgan fingerprint density at radius 2 is 1.95 bits per heavy atom. The van der Waals surface area contributed by atoms with E-state index in [1.54, 1.807) is 12.5 Å². The third-order valence-electron chi connectivity index (χ3n) is 3.42. The first kappa shape index (κ1) is 13.9. The van der Waals surface area contributed by atoms with E-state index in [0.29, 0.717) is 0 Å². The minimum Gasteiger partial charge on any atom is -0.381 e. The Hall–Kier alpha value is -2.07. The lowest BCUT2D eigenvalue weighted by molar-refractivity contribution is 1.05. The minimum absolute atomic E-state index is 0.807. The molecular formula is C17H16BrN3. The molecule has 2 aromatic carbocycles. The van der Waals surface area contributed by atoms with Crippen LogP contribution in [0.1, 0.15) is 11.1 Å². The maximum atomic E-state index is 4.06. The number of anilines is 1. The van der Waals surface area contributed by atoms with Gasteiger partial charge in [-0.3, -0.25) is 0 Å². The van der Waals surface area contributed by atoms with Crippen molar-refractivity contribution in [3.63, 3.8) is 0 Å². The van der Waals surface area contributed by atoms with Crippen molar-refractivity contribution < 1.29 is 0 Å². The topological polar surface area (TPSA) is 29.9 Å². The van der Waals surface area contributed by atoms with Crippen molar-refractivity contribution >= 4 is 21.6 Å². The fourth-order valence-electron chi connectivity index (χ4n) is 2.18. The van der Waals surface area contributed by atoms with Crippen LogP contribution < -0.4 is 5.32 Å². The summed E-state index contributed by atoms with van der Waals surface area (Å²) in [4.78, 5) is 4.06. The van der Waals surface area contributed by atoms with Gasteiger partial charge in [-0.05, 0) is 42.3 Å². The lowest BCUT2D eigenvalue weighted by atomic mass is 10.1. The first-order valence-corrected chi connectivity index (χ1v) is 7.59. The van der Waals surface area contributed by atoms with E-state index in [1.807, 2.05) is 10.8 Å². The van der Waals surface area contributed by atoms with Gasteiger partial charge in [0.15, 0.2) is 0 Å². The summed E-state index contributed by atoms with van der Waals surface area (Å²) in [6.07, 6.45) is 5.53. The van der Waals surface area contributed by atoms with Crippen molar-refractivity contribution in [1.82, 2.24) is 9.55 Å². The number of hydrogen-bond donors (Lipinski definition) is 1. The quantitative estimate of drug-likeness (QED) is 0.754. The summed E-state index contributed by atoms with van der Waals surface area (Å²) in [7, 11) is 0. The number of nitrogens with zero attached hydrogens (tertiary/aromatic N) is 2. The van der Waals surface area contributed by atoms with Crippen LogP contribution in [0.15, 0.2) is 65.7 Å². The molecule has 0 fully saturated rings. The number of aromatic nitrogens is 2. The van der Waals surface area contributed by atoms with E-state index in [-0.39, 0.29) is 0 Å². The summed E-state index contributed by atoms with van der Waals surface area (Å²) >= 11 is 3.51. The lowest BCUT2D eigenvalue weighted by Crippen LogP contribution is -2.01. The van der Waals surface area contributed by atoms with Crippen LogP contribution in [0.5, 0.6) is 0 Å². The molecule has 0 saturated carbocycles. The molecule has 3 nitrogen and oxygen atoms in total. The summed E-state index contributed by atoms with van der Waals surface area (Å²) in [5.74, 6) is 0. The molecule has 0 aliphatic heterocycles. The van der Waals surface area contributed by atoms with Crippen molar-refractivity contribution in [1.29, 1.82) is 0 Å². The van der Waals surface area contributed by atoms with Crippen molar-refractivity contribution in [2.24, 2.45) is 0 Å².